The van der Waals surface area contributed by atoms with E-state index >= 15 is 0 Å². The number of ether oxygens (including phenoxy) is 1. The molecule has 0 radical (unpaired) electrons. The Labute approximate surface area is 163 Å². The molecule has 2 rings (SSSR count). The van der Waals surface area contributed by atoms with E-state index in [4.69, 9.17) is 4.74 Å². The third-order valence-corrected chi connectivity index (χ3v) is 3.90. The van der Waals surface area contributed by atoms with Gasteiger partial charge in [-0.05, 0) is 30.3 Å². The molecule has 0 heterocycles. The highest BCUT2D eigenvalue weighted by atomic mass is 16.5. The number of carbonyl (C=O) groups is 3. The number of nitrogens with one attached hydrogen (secondary N) is 2. The fourth-order valence-electron chi connectivity index (χ4n) is 2.34. The van der Waals surface area contributed by atoms with Gasteiger partial charge in [-0.3, -0.25) is 9.59 Å². The van der Waals surface area contributed by atoms with E-state index in [1.807, 2.05) is 13.8 Å². The van der Waals surface area contributed by atoms with E-state index in [1.54, 1.807) is 25.1 Å². The zero-order valence-corrected chi connectivity index (χ0v) is 16.1. The van der Waals surface area contributed by atoms with Crippen LogP contribution in [0.2, 0.25) is 0 Å². The molecule has 0 spiro atoms. The zero-order chi connectivity index (χ0) is 20.7. The molecular formula is C21H24N2O5. The van der Waals surface area contributed by atoms with Crippen LogP contribution >= 0.6 is 0 Å². The third-order valence-electron chi connectivity index (χ3n) is 3.90. The van der Waals surface area contributed by atoms with Gasteiger partial charge in [0.05, 0.1) is 17.8 Å². The number of rotatable bonds is 8. The minimum atomic E-state index is -0.733. The lowest BCUT2D eigenvalue weighted by molar-refractivity contribution is -0.115. The van der Waals surface area contributed by atoms with E-state index in [2.05, 4.69) is 10.6 Å². The third kappa shape index (κ3) is 5.65. The number of amides is 1. The molecule has 2 aromatic carbocycles. The Hall–Kier alpha value is -3.19. The molecule has 3 N–H and O–H groups in total. The lowest BCUT2D eigenvalue weighted by Crippen LogP contribution is -2.29. The minimum Gasteiger partial charge on any atom is -0.504 e. The largest absolute Gasteiger partial charge is 0.504 e. The Morgan fingerprint density at radius 1 is 1.11 bits per heavy atom. The summed E-state index contributed by atoms with van der Waals surface area (Å²) in [4.78, 5) is 36.2. The number of carbonyl (C=O) groups excluding carboxylic acids is 3. The molecule has 28 heavy (non-hydrogen) atoms. The van der Waals surface area contributed by atoms with Crippen LogP contribution in [-0.4, -0.2) is 35.4 Å². The lowest BCUT2D eigenvalue weighted by Gasteiger charge is -2.12. The van der Waals surface area contributed by atoms with Crippen LogP contribution in [0.25, 0.3) is 0 Å². The van der Waals surface area contributed by atoms with Crippen LogP contribution in [0, 0.1) is 0 Å². The molecule has 2 aromatic rings. The summed E-state index contributed by atoms with van der Waals surface area (Å²) < 4.78 is 5.25. The van der Waals surface area contributed by atoms with Crippen LogP contribution in [-0.2, 0) is 4.79 Å². The Morgan fingerprint density at radius 3 is 2.46 bits per heavy atom. The van der Waals surface area contributed by atoms with Crippen LogP contribution in [0.15, 0.2) is 42.5 Å². The van der Waals surface area contributed by atoms with Gasteiger partial charge in [0.1, 0.15) is 0 Å². The van der Waals surface area contributed by atoms with Gasteiger partial charge in [-0.15, -0.1) is 0 Å². The van der Waals surface area contributed by atoms with Crippen molar-refractivity contribution in [1.82, 2.24) is 5.32 Å². The van der Waals surface area contributed by atoms with Crippen molar-refractivity contribution in [2.75, 3.05) is 11.9 Å². The van der Waals surface area contributed by atoms with Gasteiger partial charge in [0.25, 0.3) is 0 Å². The summed E-state index contributed by atoms with van der Waals surface area (Å²) >= 11 is 0. The normalized spacial score (nSPS) is 10.6. The number of phenolic OH excluding ortho intramolecular Hbond substituents is 1. The van der Waals surface area contributed by atoms with Crippen molar-refractivity contribution in [3.05, 3.63) is 53.6 Å². The molecule has 0 unspecified atom stereocenters. The molecule has 7 nitrogen and oxygen atoms in total. The Kier molecular flexibility index (Phi) is 7.28. The number of anilines is 1. The maximum absolute atomic E-state index is 12.5. The number of Topliss-reactive ketones (excluding diaryl/α,β-unsaturated/α-hetero) is 1. The first-order valence-corrected chi connectivity index (χ1v) is 9.02. The summed E-state index contributed by atoms with van der Waals surface area (Å²) in [6, 6.07) is 10.7. The van der Waals surface area contributed by atoms with E-state index in [-0.39, 0.29) is 47.8 Å². The number of para-hydroxylation sites is 1. The van der Waals surface area contributed by atoms with Crippen molar-refractivity contribution >= 4 is 23.3 Å². The second-order valence-corrected chi connectivity index (χ2v) is 6.48. The molecule has 0 aliphatic rings. The molecule has 0 aliphatic carbocycles. The van der Waals surface area contributed by atoms with Gasteiger partial charge in [-0.25, -0.2) is 4.79 Å². The number of phenols is 1. The molecule has 0 saturated carbocycles. The van der Waals surface area contributed by atoms with Crippen LogP contribution in [0.4, 0.5) is 5.69 Å². The quantitative estimate of drug-likeness (QED) is 0.367. The number of aromatic hydroxyl groups is 1. The molecule has 0 saturated heterocycles. The summed E-state index contributed by atoms with van der Waals surface area (Å²) in [6.45, 7) is 5.69. The average Bonchev–Trinajstić information content (AvgIpc) is 2.67. The first-order valence-electron chi connectivity index (χ1n) is 9.02. The Morgan fingerprint density at radius 2 is 1.82 bits per heavy atom. The summed E-state index contributed by atoms with van der Waals surface area (Å²) in [5.74, 6) is -1.55. The van der Waals surface area contributed by atoms with Crippen molar-refractivity contribution in [3.63, 3.8) is 0 Å². The monoisotopic (exact) mass is 384 g/mol. The van der Waals surface area contributed by atoms with E-state index in [9.17, 15) is 19.5 Å². The average molecular weight is 384 g/mol. The molecule has 0 atom stereocenters. The van der Waals surface area contributed by atoms with Crippen LogP contribution in [0.1, 0.15) is 47.9 Å². The van der Waals surface area contributed by atoms with Gasteiger partial charge in [-0.2, -0.15) is 0 Å². The van der Waals surface area contributed by atoms with Gasteiger partial charge in [-0.1, -0.05) is 32.9 Å². The summed E-state index contributed by atoms with van der Waals surface area (Å²) in [7, 11) is 0. The second-order valence-electron chi connectivity index (χ2n) is 6.48. The molecule has 0 aromatic heterocycles. The molecule has 0 bridgehead atoms. The Bertz CT molecular complexity index is 877. The smallest absolute Gasteiger partial charge is 0.345 e. The summed E-state index contributed by atoms with van der Waals surface area (Å²) in [6.07, 6.45) is 0.269. The molecule has 148 valence electrons. The number of hydrogen-bond donors (Lipinski definition) is 3. The van der Waals surface area contributed by atoms with Crippen molar-refractivity contribution in [2.24, 2.45) is 0 Å². The first-order chi connectivity index (χ1) is 13.3. The predicted molar refractivity (Wildman–Crippen MR) is 106 cm³/mol. The van der Waals surface area contributed by atoms with Crippen molar-refractivity contribution in [1.29, 1.82) is 0 Å². The number of esters is 1. The van der Waals surface area contributed by atoms with Crippen molar-refractivity contribution in [3.8, 4) is 11.5 Å². The molecule has 7 heteroatoms. The highest BCUT2D eigenvalue weighted by molar-refractivity contribution is 6.02. The topological polar surface area (TPSA) is 105 Å². The van der Waals surface area contributed by atoms with Gasteiger partial charge < -0.3 is 20.5 Å². The van der Waals surface area contributed by atoms with E-state index in [0.29, 0.717) is 11.3 Å². The van der Waals surface area contributed by atoms with Crippen LogP contribution in [0.5, 0.6) is 11.5 Å². The molecule has 1 amide bonds. The molecule has 0 aliphatic heterocycles. The van der Waals surface area contributed by atoms with Crippen LogP contribution < -0.4 is 15.4 Å². The van der Waals surface area contributed by atoms with E-state index in [0.717, 1.165) is 0 Å². The molecular weight excluding hydrogens is 360 g/mol. The van der Waals surface area contributed by atoms with Gasteiger partial charge in [0.15, 0.2) is 17.3 Å². The Balaban J connectivity index is 2.15. The number of ketones is 1. The fourth-order valence-corrected chi connectivity index (χ4v) is 2.34. The summed E-state index contributed by atoms with van der Waals surface area (Å²) in [5.41, 5.74) is 0.788. The highest BCUT2D eigenvalue weighted by Gasteiger charge is 2.17. The minimum absolute atomic E-state index is 0.0741. The molecule has 0 fully saturated rings. The van der Waals surface area contributed by atoms with E-state index < -0.39 is 5.97 Å². The fraction of sp³-hybridized carbons (Fsp3) is 0.286. The first kappa shape index (κ1) is 21.1. The predicted octanol–water partition coefficient (Wildman–Crippen LogP) is 3.14. The van der Waals surface area contributed by atoms with Crippen molar-refractivity contribution < 1.29 is 24.2 Å². The second kappa shape index (κ2) is 9.66. The SMILES string of the molecule is CCC(=O)Nc1ccccc1C(=O)Oc1ccc(C(=O)CNC(C)C)cc1O. The van der Waals surface area contributed by atoms with Crippen LogP contribution in [0.3, 0.4) is 0 Å². The van der Waals surface area contributed by atoms with Crippen molar-refractivity contribution in [2.45, 2.75) is 33.2 Å². The van der Waals surface area contributed by atoms with Gasteiger partial charge in [0.2, 0.25) is 5.91 Å². The van der Waals surface area contributed by atoms with Gasteiger partial charge in [0, 0.05) is 18.0 Å². The maximum Gasteiger partial charge on any atom is 0.345 e. The highest BCUT2D eigenvalue weighted by Crippen LogP contribution is 2.28. The maximum atomic E-state index is 12.5. The number of hydrogen-bond acceptors (Lipinski definition) is 6. The van der Waals surface area contributed by atoms with E-state index in [1.165, 1.54) is 24.3 Å². The number of benzene rings is 2. The van der Waals surface area contributed by atoms with Gasteiger partial charge >= 0.3 is 5.97 Å². The lowest BCUT2D eigenvalue weighted by atomic mass is 10.1. The standard InChI is InChI=1S/C21H24N2O5/c1-4-20(26)23-16-8-6-5-7-15(16)21(27)28-19-10-9-14(11-17(19)24)18(25)12-22-13(2)3/h5-11,13,22,24H,4,12H2,1-3H3,(H,23,26). The zero-order valence-electron chi connectivity index (χ0n) is 16.1. The summed E-state index contributed by atoms with van der Waals surface area (Å²) in [5, 5.41) is 15.8.